The summed E-state index contributed by atoms with van der Waals surface area (Å²) >= 11 is 0. The molecule has 1 saturated heterocycles. The summed E-state index contributed by atoms with van der Waals surface area (Å²) in [6, 6.07) is 7.67. The minimum atomic E-state index is -1.02. The van der Waals surface area contributed by atoms with Gasteiger partial charge in [0.15, 0.2) is 0 Å². The summed E-state index contributed by atoms with van der Waals surface area (Å²) in [5, 5.41) is 12.3. The molecule has 3 unspecified atom stereocenters. The van der Waals surface area contributed by atoms with Gasteiger partial charge < -0.3 is 24.5 Å². The van der Waals surface area contributed by atoms with Crippen molar-refractivity contribution in [1.29, 1.82) is 0 Å². The van der Waals surface area contributed by atoms with Crippen LogP contribution in [0.1, 0.15) is 39.2 Å². The zero-order valence-corrected chi connectivity index (χ0v) is 17.4. The third-order valence-electron chi connectivity index (χ3n) is 7.61. The van der Waals surface area contributed by atoms with Crippen molar-refractivity contribution in [1.82, 2.24) is 9.88 Å². The van der Waals surface area contributed by atoms with Crippen molar-refractivity contribution in [3.63, 3.8) is 0 Å². The molecule has 30 heavy (non-hydrogen) atoms. The topological polar surface area (TPSA) is 91.9 Å². The number of H-pyrrole nitrogens is 1. The summed E-state index contributed by atoms with van der Waals surface area (Å²) in [7, 11) is 4.96. The normalized spacial score (nSPS) is 29.4. The number of rotatable bonds is 2. The number of ether oxygens (including phenoxy) is 2. The van der Waals surface area contributed by atoms with Gasteiger partial charge in [-0.2, -0.15) is 0 Å². The van der Waals surface area contributed by atoms with Gasteiger partial charge in [-0.3, -0.25) is 4.79 Å². The van der Waals surface area contributed by atoms with E-state index in [-0.39, 0.29) is 11.6 Å². The van der Waals surface area contributed by atoms with E-state index in [4.69, 9.17) is 9.47 Å². The number of likely N-dealkylation sites (N-methyl/N-ethyl adjacent to an activating group) is 1. The van der Waals surface area contributed by atoms with Gasteiger partial charge in [0.2, 0.25) is 0 Å². The lowest BCUT2D eigenvalue weighted by atomic mass is 9.49. The van der Waals surface area contributed by atoms with E-state index in [9.17, 15) is 14.7 Å². The number of aromatic nitrogens is 1. The van der Waals surface area contributed by atoms with E-state index in [1.165, 1.54) is 12.7 Å². The summed E-state index contributed by atoms with van der Waals surface area (Å²) < 4.78 is 10.2. The molecule has 1 aromatic heterocycles. The van der Waals surface area contributed by atoms with Crippen LogP contribution in [0.15, 0.2) is 29.1 Å². The summed E-state index contributed by atoms with van der Waals surface area (Å²) in [5.41, 5.74) is 1.91. The Kier molecular flexibility index (Phi) is 4.14. The molecule has 7 nitrogen and oxygen atoms in total. The van der Waals surface area contributed by atoms with Crippen molar-refractivity contribution in [2.24, 2.45) is 0 Å². The summed E-state index contributed by atoms with van der Waals surface area (Å²) in [6.07, 6.45) is 2.41. The zero-order chi connectivity index (χ0) is 21.3. The number of carbonyl (C=O) groups is 1. The monoisotopic (exact) mass is 410 g/mol. The van der Waals surface area contributed by atoms with Gasteiger partial charge in [0.05, 0.1) is 19.8 Å². The van der Waals surface area contributed by atoms with Crippen LogP contribution in [0.4, 0.5) is 0 Å². The molecule has 0 spiro atoms. The Hall–Kier alpha value is -2.64. The molecule has 0 radical (unpaired) electrons. The first-order valence-electron chi connectivity index (χ1n) is 10.3. The van der Waals surface area contributed by atoms with Crippen molar-refractivity contribution in [2.75, 3.05) is 27.8 Å². The van der Waals surface area contributed by atoms with E-state index in [0.717, 1.165) is 42.0 Å². The van der Waals surface area contributed by atoms with Crippen LogP contribution in [0.5, 0.6) is 5.75 Å². The van der Waals surface area contributed by atoms with Gasteiger partial charge in [-0.05, 0) is 61.3 Å². The number of esters is 1. The Balaban J connectivity index is 1.73. The second-order valence-corrected chi connectivity index (χ2v) is 8.84. The highest BCUT2D eigenvalue weighted by atomic mass is 16.5. The van der Waals surface area contributed by atoms with Crippen LogP contribution < -0.4 is 10.3 Å². The molecule has 0 amide bonds. The molecule has 0 saturated carbocycles. The lowest BCUT2D eigenvalue weighted by Gasteiger charge is -2.63. The van der Waals surface area contributed by atoms with Crippen LogP contribution in [0.3, 0.4) is 0 Å². The number of carbonyl (C=O) groups excluding carboxylic acids is 1. The second-order valence-electron chi connectivity index (χ2n) is 8.84. The SMILES string of the molecule is COC(=O)c1cc2c([nH]c1=O)CC13CCN(C)C(Cc4ccc(OC)cc41)C3(O)C2. The molecule has 1 aromatic carbocycles. The van der Waals surface area contributed by atoms with Gasteiger partial charge in [-0.1, -0.05) is 6.07 Å². The average molecular weight is 410 g/mol. The molecule has 5 rings (SSSR count). The summed E-state index contributed by atoms with van der Waals surface area (Å²) in [5.74, 6) is 0.102. The van der Waals surface area contributed by atoms with Crippen LogP contribution in [0.25, 0.3) is 0 Å². The van der Waals surface area contributed by atoms with Crippen LogP contribution in [-0.4, -0.2) is 60.4 Å². The van der Waals surface area contributed by atoms with Gasteiger partial charge in [-0.15, -0.1) is 0 Å². The number of aliphatic hydroxyl groups is 1. The Bertz CT molecular complexity index is 1110. The van der Waals surface area contributed by atoms with E-state index in [0.29, 0.717) is 12.8 Å². The molecule has 2 aromatic rings. The molecule has 3 aliphatic rings. The van der Waals surface area contributed by atoms with Crippen molar-refractivity contribution >= 4 is 5.97 Å². The molecule has 158 valence electrons. The zero-order valence-electron chi connectivity index (χ0n) is 17.4. The number of hydrogen-bond acceptors (Lipinski definition) is 6. The number of fused-ring (bicyclic) bond motifs is 2. The predicted octanol–water partition coefficient (Wildman–Crippen LogP) is 1.20. The molecule has 2 N–H and O–H groups in total. The number of likely N-dealkylation sites (tertiary alicyclic amines) is 1. The standard InChI is InChI=1S/C23H26N2O5/c1-25-7-6-22-12-18-14(8-16(20(26)24-18)21(27)30-3)11-23(22,28)19(25)9-13-4-5-15(29-2)10-17(13)22/h4-5,8,10,19,28H,6-7,9,11-12H2,1-3H3,(H,24,26). The van der Waals surface area contributed by atoms with Crippen LogP contribution in [0.2, 0.25) is 0 Å². The van der Waals surface area contributed by atoms with E-state index < -0.39 is 22.5 Å². The fourth-order valence-corrected chi connectivity index (χ4v) is 6.03. The molecule has 2 aliphatic carbocycles. The third kappa shape index (κ3) is 2.39. The summed E-state index contributed by atoms with van der Waals surface area (Å²) in [6.45, 7) is 0.865. The van der Waals surface area contributed by atoms with E-state index >= 15 is 0 Å². The number of aromatic amines is 1. The fourth-order valence-electron chi connectivity index (χ4n) is 6.03. The van der Waals surface area contributed by atoms with Crippen molar-refractivity contribution in [3.05, 3.63) is 62.6 Å². The minimum Gasteiger partial charge on any atom is -0.497 e. The smallest absolute Gasteiger partial charge is 0.343 e. The Morgan fingerprint density at radius 2 is 2.03 bits per heavy atom. The number of nitrogens with one attached hydrogen (secondary N) is 1. The number of benzene rings is 1. The van der Waals surface area contributed by atoms with Gasteiger partial charge in [-0.25, -0.2) is 4.79 Å². The highest BCUT2D eigenvalue weighted by Gasteiger charge is 2.64. The van der Waals surface area contributed by atoms with Gasteiger partial charge >= 0.3 is 5.97 Å². The number of methoxy groups -OCH3 is 2. The molecule has 2 bridgehead atoms. The lowest BCUT2D eigenvalue weighted by Crippen LogP contribution is -2.73. The molecule has 1 fully saturated rings. The van der Waals surface area contributed by atoms with Crippen LogP contribution >= 0.6 is 0 Å². The maximum absolute atomic E-state index is 12.6. The van der Waals surface area contributed by atoms with Gasteiger partial charge in [0.25, 0.3) is 5.56 Å². The quantitative estimate of drug-likeness (QED) is 0.723. The van der Waals surface area contributed by atoms with E-state index in [1.54, 1.807) is 13.2 Å². The van der Waals surface area contributed by atoms with E-state index in [2.05, 4.69) is 23.0 Å². The molecule has 1 aliphatic heterocycles. The van der Waals surface area contributed by atoms with Gasteiger partial charge in [0.1, 0.15) is 11.3 Å². The Labute approximate surface area is 174 Å². The number of hydrogen-bond donors (Lipinski definition) is 2. The average Bonchev–Trinajstić information content (AvgIpc) is 2.73. The predicted molar refractivity (Wildman–Crippen MR) is 110 cm³/mol. The molecular weight excluding hydrogens is 384 g/mol. The number of nitrogens with zero attached hydrogens (tertiary/aromatic N) is 1. The maximum atomic E-state index is 12.6. The van der Waals surface area contributed by atoms with Crippen LogP contribution in [-0.2, 0) is 29.4 Å². The number of pyridine rings is 1. The number of piperidine rings is 1. The molecular formula is C23H26N2O5. The van der Waals surface area contributed by atoms with Crippen molar-refractivity contribution < 1.29 is 19.4 Å². The fraction of sp³-hybridized carbons (Fsp3) is 0.478. The Morgan fingerprint density at radius 1 is 1.23 bits per heavy atom. The van der Waals surface area contributed by atoms with Gasteiger partial charge in [0, 0.05) is 30.0 Å². The second kappa shape index (κ2) is 6.43. The molecule has 2 heterocycles. The highest BCUT2D eigenvalue weighted by molar-refractivity contribution is 5.89. The summed E-state index contributed by atoms with van der Waals surface area (Å²) in [4.78, 5) is 29.7. The van der Waals surface area contributed by atoms with Crippen molar-refractivity contribution in [3.8, 4) is 5.75 Å². The van der Waals surface area contributed by atoms with Crippen LogP contribution in [0, 0.1) is 0 Å². The Morgan fingerprint density at radius 3 is 2.77 bits per heavy atom. The van der Waals surface area contributed by atoms with E-state index in [1.807, 2.05) is 12.1 Å². The first-order chi connectivity index (χ1) is 14.3. The minimum absolute atomic E-state index is 0.0211. The first-order valence-corrected chi connectivity index (χ1v) is 10.3. The lowest BCUT2D eigenvalue weighted by molar-refractivity contribution is -0.145. The van der Waals surface area contributed by atoms with Crippen molar-refractivity contribution in [2.45, 2.75) is 42.7 Å². The largest absolute Gasteiger partial charge is 0.497 e. The highest BCUT2D eigenvalue weighted by Crippen LogP contribution is 2.56. The molecule has 7 heteroatoms. The third-order valence-corrected chi connectivity index (χ3v) is 7.61. The first kappa shape index (κ1) is 19.3. The molecule has 3 atom stereocenters. The maximum Gasteiger partial charge on any atom is 0.343 e.